The van der Waals surface area contributed by atoms with Crippen molar-refractivity contribution in [2.45, 2.75) is 19.9 Å². The smallest absolute Gasteiger partial charge is 0.326 e. The fourth-order valence-electron chi connectivity index (χ4n) is 5.41. The lowest BCUT2D eigenvalue weighted by Crippen LogP contribution is -2.34. The second-order valence-electron chi connectivity index (χ2n) is 10.1. The standard InChI is InChI=1S/C34H30N4O4/c1-20-28(35-21(2)31(20)22-8-5-4-6-9-22)19-27-26-16-13-24(18-29(26)37-32(27)30-10-7-17-42-30)36-34(40)38-33(39)23-11-14-25(41-3)15-12-23/h4-19,32,35,37H,1-3H3,(H2,36,38,39,40)/b27-19-. The van der Waals surface area contributed by atoms with Crippen LogP contribution in [0.15, 0.2) is 95.6 Å². The fraction of sp³-hybridized carbons (Fsp3) is 0.118. The monoisotopic (exact) mass is 558 g/mol. The van der Waals surface area contributed by atoms with E-state index >= 15 is 0 Å². The first-order valence-corrected chi connectivity index (χ1v) is 13.6. The predicted octanol–water partition coefficient (Wildman–Crippen LogP) is 7.57. The van der Waals surface area contributed by atoms with Gasteiger partial charge < -0.3 is 24.8 Å². The van der Waals surface area contributed by atoms with Crippen molar-refractivity contribution in [1.29, 1.82) is 0 Å². The van der Waals surface area contributed by atoms with E-state index in [0.29, 0.717) is 17.0 Å². The summed E-state index contributed by atoms with van der Waals surface area (Å²) < 4.78 is 10.9. The fourth-order valence-corrected chi connectivity index (χ4v) is 5.41. The van der Waals surface area contributed by atoms with Crippen molar-refractivity contribution in [2.24, 2.45) is 0 Å². The lowest BCUT2D eigenvalue weighted by atomic mass is 9.97. The third-order valence-electron chi connectivity index (χ3n) is 7.44. The van der Waals surface area contributed by atoms with E-state index in [1.807, 2.05) is 48.5 Å². The number of fused-ring (bicyclic) bond motifs is 1. The number of ether oxygens (including phenoxy) is 1. The number of H-pyrrole nitrogens is 1. The van der Waals surface area contributed by atoms with E-state index in [1.54, 1.807) is 37.6 Å². The predicted molar refractivity (Wildman–Crippen MR) is 165 cm³/mol. The molecule has 1 aliphatic heterocycles. The van der Waals surface area contributed by atoms with Crippen molar-refractivity contribution in [2.75, 3.05) is 17.7 Å². The van der Waals surface area contributed by atoms with Gasteiger partial charge in [0, 0.05) is 39.5 Å². The van der Waals surface area contributed by atoms with Gasteiger partial charge in [0.1, 0.15) is 17.6 Å². The van der Waals surface area contributed by atoms with Gasteiger partial charge in [-0.05, 0) is 85.2 Å². The van der Waals surface area contributed by atoms with Crippen molar-refractivity contribution < 1.29 is 18.7 Å². The molecule has 0 radical (unpaired) electrons. The van der Waals surface area contributed by atoms with Gasteiger partial charge >= 0.3 is 6.03 Å². The summed E-state index contributed by atoms with van der Waals surface area (Å²) in [5, 5.41) is 8.68. The van der Waals surface area contributed by atoms with Crippen molar-refractivity contribution in [1.82, 2.24) is 10.3 Å². The summed E-state index contributed by atoms with van der Waals surface area (Å²) in [7, 11) is 1.55. The number of nitrogens with one attached hydrogen (secondary N) is 4. The summed E-state index contributed by atoms with van der Waals surface area (Å²) in [5.41, 5.74) is 9.40. The van der Waals surface area contributed by atoms with Gasteiger partial charge in [0.05, 0.1) is 13.4 Å². The highest BCUT2D eigenvalue weighted by molar-refractivity contribution is 6.08. The molecule has 210 valence electrons. The molecule has 8 nitrogen and oxygen atoms in total. The topological polar surface area (TPSA) is 108 Å². The lowest BCUT2D eigenvalue weighted by Gasteiger charge is -2.11. The molecule has 42 heavy (non-hydrogen) atoms. The molecular weight excluding hydrogens is 528 g/mol. The molecule has 2 aromatic heterocycles. The number of amides is 3. The Kier molecular flexibility index (Phi) is 7.10. The van der Waals surface area contributed by atoms with Crippen LogP contribution in [0.2, 0.25) is 0 Å². The van der Waals surface area contributed by atoms with Crippen molar-refractivity contribution in [3.05, 3.63) is 125 Å². The van der Waals surface area contributed by atoms with Crippen LogP contribution < -0.4 is 20.7 Å². The van der Waals surface area contributed by atoms with Crippen LogP contribution in [0.3, 0.4) is 0 Å². The van der Waals surface area contributed by atoms with E-state index in [9.17, 15) is 9.59 Å². The van der Waals surface area contributed by atoms with Crippen molar-refractivity contribution in [3.63, 3.8) is 0 Å². The number of urea groups is 1. The van der Waals surface area contributed by atoms with E-state index in [2.05, 4.69) is 53.0 Å². The number of carbonyl (C=O) groups excluding carboxylic acids is 2. The molecule has 4 N–H and O–H groups in total. The van der Waals surface area contributed by atoms with Crippen LogP contribution >= 0.6 is 0 Å². The molecule has 1 unspecified atom stereocenters. The molecule has 5 aromatic rings. The molecule has 1 aliphatic rings. The van der Waals surface area contributed by atoms with E-state index in [4.69, 9.17) is 9.15 Å². The third-order valence-corrected chi connectivity index (χ3v) is 7.44. The molecule has 0 bridgehead atoms. The number of benzene rings is 3. The van der Waals surface area contributed by atoms with Gasteiger partial charge in [-0.15, -0.1) is 0 Å². The Hall–Kier alpha value is -5.50. The number of hydrogen-bond acceptors (Lipinski definition) is 5. The van der Waals surface area contributed by atoms with E-state index in [1.165, 1.54) is 11.1 Å². The van der Waals surface area contributed by atoms with Crippen molar-refractivity contribution in [3.8, 4) is 16.9 Å². The Balaban J connectivity index is 1.27. The molecule has 0 fully saturated rings. The van der Waals surface area contributed by atoms with Crippen LogP contribution in [0.1, 0.15) is 44.7 Å². The zero-order valence-corrected chi connectivity index (χ0v) is 23.4. The first-order valence-electron chi connectivity index (χ1n) is 13.6. The summed E-state index contributed by atoms with van der Waals surface area (Å²) in [5.74, 6) is 0.893. The largest absolute Gasteiger partial charge is 0.497 e. The Morgan fingerprint density at radius 1 is 0.952 bits per heavy atom. The number of hydrogen-bond donors (Lipinski definition) is 4. The molecule has 0 saturated carbocycles. The van der Waals surface area contributed by atoms with Gasteiger partial charge in [0.15, 0.2) is 0 Å². The second-order valence-corrected chi connectivity index (χ2v) is 10.1. The molecule has 1 atom stereocenters. The van der Waals surface area contributed by atoms with Crippen LogP contribution in [-0.4, -0.2) is 24.0 Å². The summed E-state index contributed by atoms with van der Waals surface area (Å²) in [6.45, 7) is 4.22. The van der Waals surface area contributed by atoms with E-state index in [-0.39, 0.29) is 6.04 Å². The van der Waals surface area contributed by atoms with E-state index in [0.717, 1.165) is 39.5 Å². The molecule has 6 rings (SSSR count). The van der Waals surface area contributed by atoms with Gasteiger partial charge in [-0.3, -0.25) is 10.1 Å². The number of rotatable bonds is 6. The molecule has 0 spiro atoms. The molecule has 3 heterocycles. The lowest BCUT2D eigenvalue weighted by molar-refractivity contribution is 0.0967. The van der Waals surface area contributed by atoms with Crippen LogP contribution in [0.5, 0.6) is 5.75 Å². The zero-order valence-electron chi connectivity index (χ0n) is 23.4. The number of imide groups is 1. The molecule has 8 heteroatoms. The molecule has 3 amide bonds. The minimum absolute atomic E-state index is 0.223. The first kappa shape index (κ1) is 26.7. The summed E-state index contributed by atoms with van der Waals surface area (Å²) in [6.07, 6.45) is 3.82. The molecule has 3 aromatic carbocycles. The first-order chi connectivity index (χ1) is 20.4. The third kappa shape index (κ3) is 5.17. The Bertz CT molecular complexity index is 1790. The molecule has 0 saturated heterocycles. The van der Waals surface area contributed by atoms with Gasteiger partial charge in [0.25, 0.3) is 5.91 Å². The Morgan fingerprint density at radius 2 is 1.74 bits per heavy atom. The average Bonchev–Trinajstić information content (AvgIpc) is 3.72. The number of methoxy groups -OCH3 is 1. The summed E-state index contributed by atoms with van der Waals surface area (Å²) in [4.78, 5) is 28.7. The van der Waals surface area contributed by atoms with Crippen LogP contribution in [0.4, 0.5) is 16.2 Å². The summed E-state index contributed by atoms with van der Waals surface area (Å²) >= 11 is 0. The number of aromatic amines is 1. The Morgan fingerprint density at radius 3 is 2.45 bits per heavy atom. The average molecular weight is 559 g/mol. The van der Waals surface area contributed by atoms with Gasteiger partial charge in [-0.1, -0.05) is 36.4 Å². The zero-order chi connectivity index (χ0) is 29.2. The highest BCUT2D eigenvalue weighted by Crippen LogP contribution is 2.46. The maximum atomic E-state index is 12.6. The Labute approximate surface area is 243 Å². The number of carbonyl (C=O) groups is 2. The van der Waals surface area contributed by atoms with Crippen LogP contribution in [0.25, 0.3) is 22.8 Å². The minimum atomic E-state index is -0.627. The second kappa shape index (κ2) is 11.2. The minimum Gasteiger partial charge on any atom is -0.497 e. The van der Waals surface area contributed by atoms with Crippen LogP contribution in [-0.2, 0) is 0 Å². The van der Waals surface area contributed by atoms with Crippen LogP contribution in [0, 0.1) is 13.8 Å². The maximum Gasteiger partial charge on any atom is 0.326 e. The molecular formula is C34H30N4O4. The van der Waals surface area contributed by atoms with Gasteiger partial charge in [0.2, 0.25) is 0 Å². The quantitative estimate of drug-likeness (QED) is 0.172. The molecule has 0 aliphatic carbocycles. The van der Waals surface area contributed by atoms with E-state index < -0.39 is 11.9 Å². The maximum absolute atomic E-state index is 12.6. The number of anilines is 2. The highest BCUT2D eigenvalue weighted by Gasteiger charge is 2.30. The SMILES string of the molecule is COc1ccc(C(=O)NC(=O)Nc2ccc3c(c2)NC(c2ccco2)/C3=C\c2[nH]c(C)c(-c3ccccc3)c2C)cc1. The highest BCUT2D eigenvalue weighted by atomic mass is 16.5. The van der Waals surface area contributed by atoms with Crippen molar-refractivity contribution >= 4 is 35.0 Å². The number of aryl methyl sites for hydroxylation is 1. The number of aromatic nitrogens is 1. The normalized spacial score (nSPS) is 14.7. The number of furan rings is 1. The van der Waals surface area contributed by atoms with Gasteiger partial charge in [-0.25, -0.2) is 4.79 Å². The van der Waals surface area contributed by atoms with Gasteiger partial charge in [-0.2, -0.15) is 0 Å². The summed E-state index contributed by atoms with van der Waals surface area (Å²) in [6, 6.07) is 25.5.